The molecule has 2 rings (SSSR count). The number of hydrogen-bond acceptors (Lipinski definition) is 2. The van der Waals surface area contributed by atoms with Gasteiger partial charge in [0.25, 0.3) is 0 Å². The van der Waals surface area contributed by atoms with Crippen LogP contribution in [-0.2, 0) is 0 Å². The zero-order valence-electron chi connectivity index (χ0n) is 10.5. The zero-order valence-corrected chi connectivity index (χ0v) is 10.5. The van der Waals surface area contributed by atoms with Crippen molar-refractivity contribution in [1.82, 2.24) is 0 Å². The van der Waals surface area contributed by atoms with E-state index in [0.29, 0.717) is 22.3 Å². The van der Waals surface area contributed by atoms with E-state index in [0.717, 1.165) is 0 Å². The summed E-state index contributed by atoms with van der Waals surface area (Å²) < 4.78 is 41.2. The summed E-state index contributed by atoms with van der Waals surface area (Å²) >= 11 is 0. The molecular weight excluding hydrogens is 267 g/mol. The lowest BCUT2D eigenvalue weighted by Gasteiger charge is -2.14. The minimum Gasteiger partial charge on any atom is -0.405 e. The first kappa shape index (κ1) is 13.9. The number of ether oxygens (including phenoxy) is 1. The molecule has 0 amide bonds. The van der Waals surface area contributed by atoms with Crippen molar-refractivity contribution >= 4 is 0 Å². The highest BCUT2D eigenvalue weighted by molar-refractivity contribution is 5.73. The van der Waals surface area contributed by atoms with Gasteiger partial charge in [0.1, 0.15) is 5.75 Å². The number of para-hydroxylation sites is 1. The fraction of sp³-hybridized carbons (Fsp3) is 0.133. The third kappa shape index (κ3) is 3.09. The number of alkyl halides is 3. The second-order valence-electron chi connectivity index (χ2n) is 4.19. The van der Waals surface area contributed by atoms with Crippen molar-refractivity contribution in [3.05, 3.63) is 53.6 Å². The second-order valence-corrected chi connectivity index (χ2v) is 4.19. The molecule has 5 heteroatoms. The summed E-state index contributed by atoms with van der Waals surface area (Å²) in [6.07, 6.45) is -4.74. The molecule has 0 bridgehead atoms. The minimum absolute atomic E-state index is 0.257. The molecule has 0 saturated heterocycles. The van der Waals surface area contributed by atoms with E-state index in [1.807, 2.05) is 6.07 Å². The molecule has 0 aromatic heterocycles. The van der Waals surface area contributed by atoms with Gasteiger partial charge in [-0.25, -0.2) is 0 Å². The summed E-state index contributed by atoms with van der Waals surface area (Å²) in [7, 11) is 0. The Morgan fingerprint density at radius 1 is 1.05 bits per heavy atom. The van der Waals surface area contributed by atoms with Crippen LogP contribution >= 0.6 is 0 Å². The Kier molecular flexibility index (Phi) is 3.66. The van der Waals surface area contributed by atoms with E-state index in [1.54, 1.807) is 37.3 Å². The van der Waals surface area contributed by atoms with Gasteiger partial charge in [-0.3, -0.25) is 0 Å². The van der Waals surface area contributed by atoms with Crippen LogP contribution < -0.4 is 4.74 Å². The number of nitrogens with zero attached hydrogens (tertiary/aromatic N) is 1. The zero-order chi connectivity index (χ0) is 14.8. The number of halogens is 3. The van der Waals surface area contributed by atoms with Gasteiger partial charge >= 0.3 is 6.36 Å². The van der Waals surface area contributed by atoms with Crippen molar-refractivity contribution in [2.75, 3.05) is 0 Å². The SMILES string of the molecule is Cc1cc(C#N)ccc1-c1ccccc1OC(F)(F)F. The van der Waals surface area contributed by atoms with Crippen LogP contribution in [0.25, 0.3) is 11.1 Å². The summed E-state index contributed by atoms with van der Waals surface area (Å²) in [5, 5.41) is 8.81. The molecule has 0 aliphatic rings. The van der Waals surface area contributed by atoms with Crippen molar-refractivity contribution in [3.63, 3.8) is 0 Å². The van der Waals surface area contributed by atoms with Gasteiger partial charge < -0.3 is 4.74 Å². The van der Waals surface area contributed by atoms with Gasteiger partial charge in [0.15, 0.2) is 0 Å². The highest BCUT2D eigenvalue weighted by Gasteiger charge is 2.32. The van der Waals surface area contributed by atoms with E-state index in [2.05, 4.69) is 4.74 Å². The molecule has 102 valence electrons. The van der Waals surface area contributed by atoms with Gasteiger partial charge in [0, 0.05) is 5.56 Å². The van der Waals surface area contributed by atoms with Gasteiger partial charge in [-0.2, -0.15) is 5.26 Å². The first-order chi connectivity index (χ1) is 9.40. The number of rotatable bonds is 2. The predicted molar refractivity (Wildman–Crippen MR) is 68.0 cm³/mol. The summed E-state index contributed by atoms with van der Waals surface area (Å²) in [6, 6.07) is 12.7. The maximum atomic E-state index is 12.4. The maximum absolute atomic E-state index is 12.4. The first-order valence-electron chi connectivity index (χ1n) is 5.76. The predicted octanol–water partition coefficient (Wildman–Crippen LogP) is 4.43. The normalized spacial score (nSPS) is 10.9. The fourth-order valence-electron chi connectivity index (χ4n) is 1.94. The van der Waals surface area contributed by atoms with Gasteiger partial charge in [-0.15, -0.1) is 13.2 Å². The number of nitriles is 1. The number of benzene rings is 2. The Bertz CT molecular complexity index is 672. The summed E-state index contributed by atoms with van der Waals surface area (Å²) in [4.78, 5) is 0. The molecule has 0 aliphatic carbocycles. The molecule has 0 atom stereocenters. The van der Waals surface area contributed by atoms with Crippen molar-refractivity contribution in [2.45, 2.75) is 13.3 Å². The van der Waals surface area contributed by atoms with Crippen LogP contribution in [0.4, 0.5) is 13.2 Å². The lowest BCUT2D eigenvalue weighted by atomic mass is 9.98. The highest BCUT2D eigenvalue weighted by atomic mass is 19.4. The summed E-state index contributed by atoms with van der Waals surface area (Å²) in [6.45, 7) is 1.74. The third-order valence-electron chi connectivity index (χ3n) is 2.76. The second kappa shape index (κ2) is 5.25. The molecule has 2 aromatic carbocycles. The molecule has 20 heavy (non-hydrogen) atoms. The van der Waals surface area contributed by atoms with Crippen molar-refractivity contribution in [3.8, 4) is 22.9 Å². The molecule has 0 heterocycles. The van der Waals surface area contributed by atoms with Crippen LogP contribution in [0, 0.1) is 18.3 Å². The van der Waals surface area contributed by atoms with Crippen LogP contribution in [0.5, 0.6) is 5.75 Å². The number of hydrogen-bond donors (Lipinski definition) is 0. The summed E-state index contributed by atoms with van der Waals surface area (Å²) in [5.74, 6) is -0.257. The molecule has 0 fully saturated rings. The average Bonchev–Trinajstić information content (AvgIpc) is 2.38. The lowest BCUT2D eigenvalue weighted by Crippen LogP contribution is -2.17. The minimum atomic E-state index is -4.74. The van der Waals surface area contributed by atoms with Crippen LogP contribution in [0.15, 0.2) is 42.5 Å². The summed E-state index contributed by atoms with van der Waals surface area (Å²) in [5.41, 5.74) is 2.11. The molecule has 0 aliphatic heterocycles. The highest BCUT2D eigenvalue weighted by Crippen LogP contribution is 2.35. The molecule has 2 aromatic rings. The quantitative estimate of drug-likeness (QED) is 0.813. The molecule has 0 saturated carbocycles. The van der Waals surface area contributed by atoms with Crippen molar-refractivity contribution in [2.24, 2.45) is 0 Å². The molecule has 0 N–H and O–H groups in total. The fourth-order valence-corrected chi connectivity index (χ4v) is 1.94. The molecule has 0 spiro atoms. The lowest BCUT2D eigenvalue weighted by molar-refractivity contribution is -0.274. The molecular formula is C15H10F3NO. The van der Waals surface area contributed by atoms with E-state index < -0.39 is 6.36 Å². The van der Waals surface area contributed by atoms with E-state index >= 15 is 0 Å². The molecule has 0 radical (unpaired) electrons. The standard InChI is InChI=1S/C15H10F3NO/c1-10-8-11(9-19)6-7-12(10)13-4-2-3-5-14(13)20-15(16,17)18/h2-8H,1H3. The van der Waals surface area contributed by atoms with Gasteiger partial charge in [-0.05, 0) is 36.2 Å². The van der Waals surface area contributed by atoms with Crippen LogP contribution in [0.2, 0.25) is 0 Å². The first-order valence-corrected chi connectivity index (χ1v) is 5.76. The van der Waals surface area contributed by atoms with Crippen LogP contribution in [0.1, 0.15) is 11.1 Å². The smallest absolute Gasteiger partial charge is 0.405 e. The Morgan fingerprint density at radius 3 is 2.35 bits per heavy atom. The van der Waals surface area contributed by atoms with Crippen molar-refractivity contribution in [1.29, 1.82) is 5.26 Å². The Hall–Kier alpha value is -2.48. The molecule has 0 unspecified atom stereocenters. The van der Waals surface area contributed by atoms with Crippen LogP contribution in [0.3, 0.4) is 0 Å². The van der Waals surface area contributed by atoms with E-state index in [4.69, 9.17) is 5.26 Å². The Morgan fingerprint density at radius 2 is 1.75 bits per heavy atom. The largest absolute Gasteiger partial charge is 0.573 e. The molecule has 2 nitrogen and oxygen atoms in total. The van der Waals surface area contributed by atoms with E-state index in [9.17, 15) is 13.2 Å². The Balaban J connectivity index is 2.51. The van der Waals surface area contributed by atoms with Gasteiger partial charge in [-0.1, -0.05) is 24.3 Å². The van der Waals surface area contributed by atoms with E-state index in [-0.39, 0.29) is 5.75 Å². The maximum Gasteiger partial charge on any atom is 0.573 e. The van der Waals surface area contributed by atoms with Crippen molar-refractivity contribution < 1.29 is 17.9 Å². The average molecular weight is 277 g/mol. The van der Waals surface area contributed by atoms with Gasteiger partial charge in [0.05, 0.1) is 11.6 Å². The third-order valence-corrected chi connectivity index (χ3v) is 2.76. The van der Waals surface area contributed by atoms with Crippen LogP contribution in [-0.4, -0.2) is 6.36 Å². The monoisotopic (exact) mass is 277 g/mol. The van der Waals surface area contributed by atoms with E-state index in [1.165, 1.54) is 12.1 Å². The Labute approximate surface area is 114 Å². The number of aryl methyl sites for hydroxylation is 1. The topological polar surface area (TPSA) is 33.0 Å². The van der Waals surface area contributed by atoms with Gasteiger partial charge in [0.2, 0.25) is 0 Å².